The average Bonchev–Trinajstić information content (AvgIpc) is 2.54. The van der Waals surface area contributed by atoms with Crippen LogP contribution in [0.2, 0.25) is 10.0 Å². The Kier molecular flexibility index (Phi) is 7.66. The van der Waals surface area contributed by atoms with Crippen LogP contribution in [0.4, 0.5) is 0 Å². The molecule has 1 aromatic carbocycles. The highest BCUT2D eigenvalue weighted by Crippen LogP contribution is 2.26. The van der Waals surface area contributed by atoms with E-state index in [2.05, 4.69) is 22.1 Å². The molecule has 1 saturated heterocycles. The lowest BCUT2D eigenvalue weighted by molar-refractivity contribution is 0.188. The van der Waals surface area contributed by atoms with E-state index in [1.807, 2.05) is 19.1 Å². The normalized spacial score (nSPS) is 18.6. The van der Waals surface area contributed by atoms with Crippen LogP contribution in [0.25, 0.3) is 0 Å². The van der Waals surface area contributed by atoms with Gasteiger partial charge in [-0.3, -0.25) is 4.99 Å². The molecule has 0 spiro atoms. The van der Waals surface area contributed by atoms with Gasteiger partial charge >= 0.3 is 0 Å². The number of likely N-dealkylation sites (tertiary alicyclic amines) is 1. The minimum atomic E-state index is -0.00933. The zero-order chi connectivity index (χ0) is 17.5. The third kappa shape index (κ3) is 5.83. The number of hydrogen-bond donors (Lipinski definition) is 2. The quantitative estimate of drug-likeness (QED) is 0.585. The Balaban J connectivity index is 1.81. The summed E-state index contributed by atoms with van der Waals surface area (Å²) in [7, 11) is 0. The van der Waals surface area contributed by atoms with Crippen molar-refractivity contribution in [1.29, 1.82) is 0 Å². The van der Waals surface area contributed by atoms with Crippen molar-refractivity contribution in [1.82, 2.24) is 10.2 Å². The van der Waals surface area contributed by atoms with Gasteiger partial charge in [0.2, 0.25) is 0 Å². The fraction of sp³-hybridized carbons (Fsp3) is 0.611. The summed E-state index contributed by atoms with van der Waals surface area (Å²) in [6, 6.07) is 5.48. The van der Waals surface area contributed by atoms with Crippen molar-refractivity contribution in [3.05, 3.63) is 33.8 Å². The summed E-state index contributed by atoms with van der Waals surface area (Å²) >= 11 is 12.2. The number of aliphatic imine (C=N–C) groups is 1. The van der Waals surface area contributed by atoms with Gasteiger partial charge in [-0.1, -0.05) is 36.2 Å². The molecular weight excluding hydrogens is 343 g/mol. The Hall–Kier alpha value is -0.970. The molecule has 24 heavy (non-hydrogen) atoms. The molecule has 0 bridgehead atoms. The highest BCUT2D eigenvalue weighted by atomic mass is 35.5. The topological polar surface area (TPSA) is 53.6 Å². The van der Waals surface area contributed by atoms with Crippen LogP contribution in [-0.2, 0) is 0 Å². The third-order valence-corrected chi connectivity index (χ3v) is 5.12. The van der Waals surface area contributed by atoms with E-state index in [0.717, 1.165) is 12.1 Å². The Morgan fingerprint density at radius 2 is 2.08 bits per heavy atom. The van der Waals surface area contributed by atoms with E-state index in [-0.39, 0.29) is 6.04 Å². The fourth-order valence-corrected chi connectivity index (χ4v) is 3.71. The number of rotatable bonds is 6. The molecule has 1 unspecified atom stereocenters. The van der Waals surface area contributed by atoms with E-state index in [4.69, 9.17) is 28.9 Å². The van der Waals surface area contributed by atoms with E-state index in [9.17, 15) is 0 Å². The maximum atomic E-state index is 6.24. The monoisotopic (exact) mass is 370 g/mol. The highest BCUT2D eigenvalue weighted by Gasteiger charge is 2.18. The van der Waals surface area contributed by atoms with E-state index in [0.29, 0.717) is 21.9 Å². The molecule has 0 amide bonds. The van der Waals surface area contributed by atoms with Gasteiger partial charge in [-0.25, -0.2) is 0 Å². The van der Waals surface area contributed by atoms with Gasteiger partial charge in [0, 0.05) is 16.6 Å². The van der Waals surface area contributed by atoms with Crippen LogP contribution in [0, 0.1) is 5.92 Å². The van der Waals surface area contributed by atoms with Crippen LogP contribution in [0.1, 0.15) is 44.7 Å². The molecule has 1 aliphatic rings. The summed E-state index contributed by atoms with van der Waals surface area (Å²) in [6.07, 6.45) is 3.63. The van der Waals surface area contributed by atoms with Crippen molar-refractivity contribution in [3.8, 4) is 0 Å². The predicted octanol–water partition coefficient (Wildman–Crippen LogP) is 4.08. The van der Waals surface area contributed by atoms with Crippen LogP contribution < -0.4 is 11.1 Å². The van der Waals surface area contributed by atoms with E-state index in [1.54, 1.807) is 6.07 Å². The smallest absolute Gasteiger partial charge is 0.189 e. The van der Waals surface area contributed by atoms with Gasteiger partial charge in [0.25, 0.3) is 0 Å². The van der Waals surface area contributed by atoms with Crippen LogP contribution >= 0.6 is 23.2 Å². The van der Waals surface area contributed by atoms with Gasteiger partial charge in [0.15, 0.2) is 5.96 Å². The summed E-state index contributed by atoms with van der Waals surface area (Å²) in [5.41, 5.74) is 7.01. The Bertz CT molecular complexity index is 554. The number of guanidine groups is 1. The van der Waals surface area contributed by atoms with Crippen LogP contribution in [0.15, 0.2) is 23.2 Å². The summed E-state index contributed by atoms with van der Waals surface area (Å²) in [5, 5.41) is 4.48. The van der Waals surface area contributed by atoms with Gasteiger partial charge in [0.05, 0.1) is 6.04 Å². The second-order valence-corrected chi connectivity index (χ2v) is 7.39. The predicted molar refractivity (Wildman–Crippen MR) is 104 cm³/mol. The van der Waals surface area contributed by atoms with Crippen molar-refractivity contribution < 1.29 is 0 Å². The van der Waals surface area contributed by atoms with Crippen LogP contribution in [0.3, 0.4) is 0 Å². The van der Waals surface area contributed by atoms with Gasteiger partial charge < -0.3 is 16.0 Å². The second-order valence-electron chi connectivity index (χ2n) is 6.54. The first-order valence-electron chi connectivity index (χ1n) is 8.73. The van der Waals surface area contributed by atoms with Crippen molar-refractivity contribution >= 4 is 29.2 Å². The minimum absolute atomic E-state index is 0.00933. The number of benzene rings is 1. The lowest BCUT2D eigenvalue weighted by atomic mass is 9.97. The molecule has 1 fully saturated rings. The van der Waals surface area contributed by atoms with Crippen molar-refractivity contribution in [2.75, 3.05) is 26.2 Å². The van der Waals surface area contributed by atoms with Crippen LogP contribution in [-0.4, -0.2) is 37.0 Å². The average molecular weight is 371 g/mol. The van der Waals surface area contributed by atoms with Crippen molar-refractivity contribution in [2.24, 2.45) is 16.6 Å². The molecule has 6 heteroatoms. The largest absolute Gasteiger partial charge is 0.370 e. The number of piperidine rings is 1. The fourth-order valence-electron chi connectivity index (χ4n) is 3.13. The molecule has 3 N–H and O–H groups in total. The van der Waals surface area contributed by atoms with E-state index < -0.39 is 0 Å². The number of hydrogen-bond acceptors (Lipinski definition) is 2. The molecule has 2 rings (SSSR count). The first-order valence-corrected chi connectivity index (χ1v) is 9.49. The second kappa shape index (κ2) is 9.50. The number of nitrogens with two attached hydrogens (primary N) is 1. The molecule has 0 saturated carbocycles. The first-order chi connectivity index (χ1) is 11.5. The highest BCUT2D eigenvalue weighted by molar-refractivity contribution is 6.35. The molecule has 0 radical (unpaired) electrons. The zero-order valence-corrected chi connectivity index (χ0v) is 16.1. The Morgan fingerprint density at radius 1 is 1.38 bits per heavy atom. The first kappa shape index (κ1) is 19.4. The maximum Gasteiger partial charge on any atom is 0.189 e. The zero-order valence-electron chi connectivity index (χ0n) is 14.6. The molecule has 4 nitrogen and oxygen atoms in total. The van der Waals surface area contributed by atoms with E-state index >= 15 is 0 Å². The van der Waals surface area contributed by atoms with Gasteiger partial charge in [0.1, 0.15) is 0 Å². The molecular formula is C18H28Cl2N4. The van der Waals surface area contributed by atoms with E-state index in [1.165, 1.54) is 38.9 Å². The molecule has 1 aromatic rings. The van der Waals surface area contributed by atoms with Crippen molar-refractivity contribution in [3.63, 3.8) is 0 Å². The third-order valence-electron chi connectivity index (χ3n) is 4.56. The van der Waals surface area contributed by atoms with Crippen LogP contribution in [0.5, 0.6) is 0 Å². The maximum absolute atomic E-state index is 6.24. The molecule has 1 heterocycles. The van der Waals surface area contributed by atoms with Gasteiger partial charge in [-0.15, -0.1) is 0 Å². The van der Waals surface area contributed by atoms with Gasteiger partial charge in [-0.05, 0) is 69.4 Å². The van der Waals surface area contributed by atoms with Crippen molar-refractivity contribution in [2.45, 2.75) is 39.2 Å². The lowest BCUT2D eigenvalue weighted by Gasteiger charge is -2.31. The molecule has 1 atom stereocenters. The molecule has 0 aliphatic carbocycles. The standard InChI is InChI=1S/C18H28Cl2N4/c1-3-8-24-9-6-14(7-10-24)12-22-18(21)23-13(2)16-5-4-15(19)11-17(16)20/h4-5,11,13-14H,3,6-10,12H2,1-2H3,(H3,21,22,23). The summed E-state index contributed by atoms with van der Waals surface area (Å²) < 4.78 is 0. The lowest BCUT2D eigenvalue weighted by Crippen LogP contribution is -2.37. The number of halogens is 2. The molecule has 1 aliphatic heterocycles. The minimum Gasteiger partial charge on any atom is -0.370 e. The van der Waals surface area contributed by atoms with Gasteiger partial charge in [-0.2, -0.15) is 0 Å². The summed E-state index contributed by atoms with van der Waals surface area (Å²) in [4.78, 5) is 7.06. The Labute approximate surface area is 155 Å². The molecule has 134 valence electrons. The summed E-state index contributed by atoms with van der Waals surface area (Å²) in [6.45, 7) is 8.60. The number of nitrogens with zero attached hydrogens (tertiary/aromatic N) is 2. The Morgan fingerprint density at radius 3 is 2.71 bits per heavy atom. The summed E-state index contributed by atoms with van der Waals surface area (Å²) in [5.74, 6) is 1.11. The molecule has 0 aromatic heterocycles. The SMILES string of the molecule is CCCN1CCC(CN=C(N)NC(C)c2ccc(Cl)cc2Cl)CC1. The number of nitrogens with one attached hydrogen (secondary N) is 1.